The van der Waals surface area contributed by atoms with Gasteiger partial charge in [-0.3, -0.25) is 4.79 Å². The predicted octanol–water partition coefficient (Wildman–Crippen LogP) is 4.60. The van der Waals surface area contributed by atoms with Crippen LogP contribution in [0.5, 0.6) is 0 Å². The summed E-state index contributed by atoms with van der Waals surface area (Å²) in [5.41, 5.74) is 4.29. The Bertz CT molecular complexity index is 609. The number of benzene rings is 2. The van der Waals surface area contributed by atoms with E-state index in [9.17, 15) is 4.79 Å². The number of allylic oxidation sites excluding steroid dienone is 1. The van der Waals surface area contributed by atoms with Crippen LogP contribution >= 0.6 is 0 Å². The molecule has 2 rings (SSSR count). The normalized spacial score (nSPS) is 11.4. The van der Waals surface area contributed by atoms with Crippen molar-refractivity contribution in [2.24, 2.45) is 0 Å². The standard InChI is InChI=1S/C19H20O/c1-3-17(14-18-12-8-7-9-15(18)2)19(20)13-16-10-5-4-6-11-16/h4-12,14H,3,13H2,1-2H3/b17-14-. The van der Waals surface area contributed by atoms with E-state index >= 15 is 0 Å². The highest BCUT2D eigenvalue weighted by atomic mass is 16.1. The Morgan fingerprint density at radius 3 is 2.30 bits per heavy atom. The molecule has 1 heteroatoms. The van der Waals surface area contributed by atoms with Crippen molar-refractivity contribution < 1.29 is 4.79 Å². The molecule has 2 aromatic rings. The average molecular weight is 264 g/mol. The van der Waals surface area contributed by atoms with Crippen molar-refractivity contribution in [3.63, 3.8) is 0 Å². The number of carbonyl (C=O) groups excluding carboxylic acids is 1. The fourth-order valence-electron chi connectivity index (χ4n) is 2.21. The zero-order valence-corrected chi connectivity index (χ0v) is 12.1. The van der Waals surface area contributed by atoms with Crippen LogP contribution in [0.1, 0.15) is 30.0 Å². The van der Waals surface area contributed by atoms with E-state index in [0.717, 1.165) is 23.1 Å². The first-order valence-corrected chi connectivity index (χ1v) is 7.04. The molecule has 0 bridgehead atoms. The Morgan fingerprint density at radius 1 is 1.00 bits per heavy atom. The Labute approximate surface area is 121 Å². The molecule has 0 N–H and O–H groups in total. The van der Waals surface area contributed by atoms with Crippen LogP contribution in [0.25, 0.3) is 6.08 Å². The van der Waals surface area contributed by atoms with Gasteiger partial charge in [-0.2, -0.15) is 0 Å². The fourth-order valence-corrected chi connectivity index (χ4v) is 2.21. The van der Waals surface area contributed by atoms with Gasteiger partial charge in [-0.15, -0.1) is 0 Å². The van der Waals surface area contributed by atoms with E-state index in [1.54, 1.807) is 0 Å². The van der Waals surface area contributed by atoms with Gasteiger partial charge in [-0.05, 0) is 41.7 Å². The van der Waals surface area contributed by atoms with E-state index < -0.39 is 0 Å². The molecule has 0 amide bonds. The summed E-state index contributed by atoms with van der Waals surface area (Å²) in [6.45, 7) is 4.10. The molecule has 0 spiro atoms. The first kappa shape index (κ1) is 14.3. The Balaban J connectivity index is 2.20. The van der Waals surface area contributed by atoms with Crippen LogP contribution in [0.2, 0.25) is 0 Å². The van der Waals surface area contributed by atoms with Gasteiger partial charge in [-0.25, -0.2) is 0 Å². The van der Waals surface area contributed by atoms with Crippen LogP contribution in [0.4, 0.5) is 0 Å². The number of aryl methyl sites for hydroxylation is 1. The smallest absolute Gasteiger partial charge is 0.163 e. The third kappa shape index (κ3) is 3.67. The molecule has 0 atom stereocenters. The first-order valence-electron chi connectivity index (χ1n) is 7.04. The van der Waals surface area contributed by atoms with Gasteiger partial charge in [0.1, 0.15) is 0 Å². The Hall–Kier alpha value is -2.15. The van der Waals surface area contributed by atoms with Gasteiger partial charge in [0, 0.05) is 6.42 Å². The van der Waals surface area contributed by atoms with Crippen LogP contribution in [0, 0.1) is 6.92 Å². The molecule has 0 radical (unpaired) electrons. The van der Waals surface area contributed by atoms with Crippen LogP contribution in [0.15, 0.2) is 60.2 Å². The van der Waals surface area contributed by atoms with E-state index in [-0.39, 0.29) is 5.78 Å². The number of hydrogen-bond donors (Lipinski definition) is 0. The molecule has 102 valence electrons. The van der Waals surface area contributed by atoms with E-state index in [4.69, 9.17) is 0 Å². The van der Waals surface area contributed by atoms with E-state index in [2.05, 4.69) is 19.1 Å². The number of rotatable bonds is 5. The fraction of sp³-hybridized carbons (Fsp3) is 0.211. The highest BCUT2D eigenvalue weighted by molar-refractivity contribution is 6.00. The summed E-state index contributed by atoms with van der Waals surface area (Å²) in [6, 6.07) is 18.1. The highest BCUT2D eigenvalue weighted by Crippen LogP contribution is 2.16. The van der Waals surface area contributed by atoms with Gasteiger partial charge >= 0.3 is 0 Å². The Kier molecular flexibility index (Phi) is 4.89. The van der Waals surface area contributed by atoms with Crippen LogP contribution in [-0.2, 0) is 11.2 Å². The minimum absolute atomic E-state index is 0.210. The maximum Gasteiger partial charge on any atom is 0.163 e. The van der Waals surface area contributed by atoms with Crippen LogP contribution in [-0.4, -0.2) is 5.78 Å². The summed E-state index contributed by atoms with van der Waals surface area (Å²) in [4.78, 5) is 12.4. The van der Waals surface area contributed by atoms with E-state index in [1.165, 1.54) is 5.56 Å². The van der Waals surface area contributed by atoms with Gasteiger partial charge in [0.05, 0.1) is 0 Å². The zero-order chi connectivity index (χ0) is 14.4. The lowest BCUT2D eigenvalue weighted by Crippen LogP contribution is -2.06. The Morgan fingerprint density at radius 2 is 1.65 bits per heavy atom. The number of hydrogen-bond acceptors (Lipinski definition) is 1. The number of ketones is 1. The lowest BCUT2D eigenvalue weighted by molar-refractivity contribution is -0.115. The minimum Gasteiger partial charge on any atom is -0.294 e. The molecule has 0 aromatic heterocycles. The summed E-state index contributed by atoms with van der Waals surface area (Å²) < 4.78 is 0. The second-order valence-corrected chi connectivity index (χ2v) is 4.97. The maximum absolute atomic E-state index is 12.4. The van der Waals surface area contributed by atoms with Gasteiger partial charge in [0.2, 0.25) is 0 Å². The second kappa shape index (κ2) is 6.85. The second-order valence-electron chi connectivity index (χ2n) is 4.97. The first-order chi connectivity index (χ1) is 9.70. The van der Waals surface area contributed by atoms with Crippen molar-refractivity contribution in [2.75, 3.05) is 0 Å². The van der Waals surface area contributed by atoms with Gasteiger partial charge in [0.25, 0.3) is 0 Å². The SMILES string of the molecule is CC/C(=C/c1ccccc1C)C(=O)Cc1ccccc1. The molecule has 0 aliphatic heterocycles. The van der Waals surface area contributed by atoms with Crippen molar-refractivity contribution in [1.29, 1.82) is 0 Å². The van der Waals surface area contributed by atoms with Gasteiger partial charge in [-0.1, -0.05) is 61.5 Å². The summed E-state index contributed by atoms with van der Waals surface area (Å²) in [7, 11) is 0. The van der Waals surface area contributed by atoms with Crippen LogP contribution in [0.3, 0.4) is 0 Å². The minimum atomic E-state index is 0.210. The largest absolute Gasteiger partial charge is 0.294 e. The lowest BCUT2D eigenvalue weighted by atomic mass is 9.98. The molecular formula is C19H20O. The molecule has 0 unspecified atom stereocenters. The molecule has 2 aromatic carbocycles. The van der Waals surface area contributed by atoms with Crippen molar-refractivity contribution >= 4 is 11.9 Å². The summed E-state index contributed by atoms with van der Waals surface area (Å²) >= 11 is 0. The molecule has 0 aliphatic carbocycles. The quantitative estimate of drug-likeness (QED) is 0.721. The molecule has 0 heterocycles. The summed E-state index contributed by atoms with van der Waals surface area (Å²) in [6.07, 6.45) is 3.27. The molecule has 0 fully saturated rings. The molecule has 0 saturated carbocycles. The topological polar surface area (TPSA) is 17.1 Å². The van der Waals surface area contributed by atoms with Gasteiger partial charge < -0.3 is 0 Å². The highest BCUT2D eigenvalue weighted by Gasteiger charge is 2.09. The summed E-state index contributed by atoms with van der Waals surface area (Å²) in [5, 5.41) is 0. The maximum atomic E-state index is 12.4. The molecule has 0 saturated heterocycles. The predicted molar refractivity (Wildman–Crippen MR) is 84.6 cm³/mol. The van der Waals surface area contributed by atoms with Gasteiger partial charge in [0.15, 0.2) is 5.78 Å². The number of carbonyl (C=O) groups is 1. The van der Waals surface area contributed by atoms with E-state index in [1.807, 2.05) is 55.5 Å². The zero-order valence-electron chi connectivity index (χ0n) is 12.1. The third-order valence-corrected chi connectivity index (χ3v) is 3.46. The van der Waals surface area contributed by atoms with E-state index in [0.29, 0.717) is 6.42 Å². The molecular weight excluding hydrogens is 244 g/mol. The van der Waals surface area contributed by atoms with Crippen molar-refractivity contribution in [1.82, 2.24) is 0 Å². The molecule has 1 nitrogen and oxygen atoms in total. The van der Waals surface area contributed by atoms with Crippen molar-refractivity contribution in [3.8, 4) is 0 Å². The van der Waals surface area contributed by atoms with Crippen molar-refractivity contribution in [2.45, 2.75) is 26.7 Å². The summed E-state index contributed by atoms with van der Waals surface area (Å²) in [5.74, 6) is 0.210. The molecule has 0 aliphatic rings. The monoisotopic (exact) mass is 264 g/mol. The average Bonchev–Trinajstić information content (AvgIpc) is 2.47. The van der Waals surface area contributed by atoms with Crippen molar-refractivity contribution in [3.05, 3.63) is 76.9 Å². The lowest BCUT2D eigenvalue weighted by Gasteiger charge is -2.06. The number of Topliss-reactive ketones (excluding diaryl/α,β-unsaturated/α-hetero) is 1. The molecule has 20 heavy (non-hydrogen) atoms. The van der Waals surface area contributed by atoms with Crippen LogP contribution < -0.4 is 0 Å². The third-order valence-electron chi connectivity index (χ3n) is 3.46.